The molecule has 0 bridgehead atoms. The topological polar surface area (TPSA) is 0 Å². The van der Waals surface area contributed by atoms with Crippen molar-refractivity contribution in [2.75, 3.05) is 0 Å². The van der Waals surface area contributed by atoms with Gasteiger partial charge < -0.3 is 0 Å². The maximum Gasteiger partial charge on any atom is 0.392 e. The summed E-state index contributed by atoms with van der Waals surface area (Å²) in [4.78, 5) is -0.105. The van der Waals surface area contributed by atoms with Crippen molar-refractivity contribution < 1.29 is 13.2 Å². The van der Waals surface area contributed by atoms with Crippen LogP contribution in [0.5, 0.6) is 0 Å². The molecule has 3 unspecified atom stereocenters. The molecule has 1 aliphatic rings. The summed E-state index contributed by atoms with van der Waals surface area (Å²) in [6.07, 6.45) is -0.844. The van der Waals surface area contributed by atoms with Gasteiger partial charge in [0.15, 0.2) is 0 Å². The average molecular weight is 363 g/mol. The molecule has 0 radical (unpaired) electrons. The second-order valence-electron chi connectivity index (χ2n) is 6.24. The summed E-state index contributed by atoms with van der Waals surface area (Å²) in [5.74, 6) is -1.46. The van der Waals surface area contributed by atoms with Crippen LogP contribution in [0.1, 0.15) is 42.4 Å². The zero-order valence-corrected chi connectivity index (χ0v) is 14.1. The average Bonchev–Trinajstić information content (AvgIpc) is 2.42. The zero-order chi connectivity index (χ0) is 15.6. The summed E-state index contributed by atoms with van der Waals surface area (Å²) in [5.41, 5.74) is 3.53. The lowest BCUT2D eigenvalue weighted by atomic mass is 9.76. The van der Waals surface area contributed by atoms with Crippen molar-refractivity contribution in [3.05, 3.63) is 34.9 Å². The molecule has 0 aromatic heterocycles. The Morgan fingerprint density at radius 2 is 1.81 bits per heavy atom. The van der Waals surface area contributed by atoms with Crippen LogP contribution in [-0.2, 0) is 6.42 Å². The predicted molar refractivity (Wildman–Crippen MR) is 83.8 cm³/mol. The maximum absolute atomic E-state index is 13.2. The summed E-state index contributed by atoms with van der Waals surface area (Å²) < 4.78 is 39.6. The van der Waals surface area contributed by atoms with Crippen LogP contribution < -0.4 is 0 Å². The number of halogens is 4. The number of rotatable bonds is 3. The van der Waals surface area contributed by atoms with Gasteiger partial charge in [-0.3, -0.25) is 0 Å². The first-order valence-electron chi connectivity index (χ1n) is 7.56. The van der Waals surface area contributed by atoms with Crippen molar-refractivity contribution in [1.82, 2.24) is 0 Å². The van der Waals surface area contributed by atoms with Gasteiger partial charge in [0.25, 0.3) is 0 Å². The number of hydrogen-bond acceptors (Lipinski definition) is 0. The molecule has 1 aromatic rings. The second-order valence-corrected chi connectivity index (χ2v) is 7.41. The van der Waals surface area contributed by atoms with E-state index in [1.165, 1.54) is 11.1 Å². The largest absolute Gasteiger partial charge is 0.392 e. The van der Waals surface area contributed by atoms with E-state index >= 15 is 0 Å². The van der Waals surface area contributed by atoms with Crippen molar-refractivity contribution in [2.24, 2.45) is 11.8 Å². The summed E-state index contributed by atoms with van der Waals surface area (Å²) in [6.45, 7) is 4.09. The molecular formula is C17H22BrF3. The van der Waals surface area contributed by atoms with Crippen molar-refractivity contribution in [2.45, 2.75) is 57.0 Å². The highest BCUT2D eigenvalue weighted by Crippen LogP contribution is 2.45. The molecule has 1 aliphatic carbocycles. The number of alkyl halides is 4. The third-order valence-corrected chi connectivity index (χ3v) is 5.71. The Morgan fingerprint density at radius 1 is 1.14 bits per heavy atom. The lowest BCUT2D eigenvalue weighted by Gasteiger charge is -2.36. The summed E-state index contributed by atoms with van der Waals surface area (Å²) in [5, 5.41) is 0. The molecule has 0 heterocycles. The maximum atomic E-state index is 13.2. The number of aryl methyl sites for hydroxylation is 2. The monoisotopic (exact) mass is 362 g/mol. The van der Waals surface area contributed by atoms with Crippen molar-refractivity contribution in [3.8, 4) is 0 Å². The van der Waals surface area contributed by atoms with E-state index in [1.807, 2.05) is 26.0 Å². The van der Waals surface area contributed by atoms with E-state index in [4.69, 9.17) is 0 Å². The van der Waals surface area contributed by atoms with E-state index in [2.05, 4.69) is 22.0 Å². The third-order valence-electron chi connectivity index (χ3n) is 4.71. The van der Waals surface area contributed by atoms with Crippen LogP contribution in [-0.4, -0.2) is 11.0 Å². The molecule has 118 valence electrons. The fourth-order valence-electron chi connectivity index (χ4n) is 3.31. The first-order chi connectivity index (χ1) is 9.79. The molecule has 0 N–H and O–H groups in total. The van der Waals surface area contributed by atoms with Gasteiger partial charge in [0.1, 0.15) is 0 Å². The minimum Gasteiger partial charge on any atom is -0.171 e. The molecule has 1 fully saturated rings. The smallest absolute Gasteiger partial charge is 0.171 e. The first-order valence-corrected chi connectivity index (χ1v) is 8.47. The van der Waals surface area contributed by atoms with Gasteiger partial charge in [-0.2, -0.15) is 13.2 Å². The van der Waals surface area contributed by atoms with Gasteiger partial charge in [-0.15, -0.1) is 0 Å². The van der Waals surface area contributed by atoms with Crippen LogP contribution in [0.25, 0.3) is 0 Å². The quantitative estimate of drug-likeness (QED) is 0.580. The Kier molecular flexibility index (Phi) is 5.39. The molecule has 3 atom stereocenters. The van der Waals surface area contributed by atoms with Gasteiger partial charge in [0.05, 0.1) is 5.92 Å². The molecule has 0 saturated heterocycles. The highest BCUT2D eigenvalue weighted by atomic mass is 79.9. The van der Waals surface area contributed by atoms with Crippen molar-refractivity contribution in [3.63, 3.8) is 0 Å². The standard InChI is InChI=1S/C17H22BrF3/c1-11-7-8-13(9-12(11)2)10-16(18)14-5-3-4-6-15(14)17(19,20)21/h7-9,14-16H,3-6,10H2,1-2H3. The number of hydrogen-bond donors (Lipinski definition) is 0. The van der Waals surface area contributed by atoms with Gasteiger partial charge in [0.2, 0.25) is 0 Å². The zero-order valence-electron chi connectivity index (χ0n) is 12.5. The van der Waals surface area contributed by atoms with Crippen LogP contribution in [0.3, 0.4) is 0 Å². The molecule has 0 spiro atoms. The fourth-order valence-corrected chi connectivity index (χ4v) is 4.31. The van der Waals surface area contributed by atoms with Crippen LogP contribution in [0.2, 0.25) is 0 Å². The minimum absolute atomic E-state index is 0.105. The molecule has 0 aliphatic heterocycles. The highest BCUT2D eigenvalue weighted by molar-refractivity contribution is 9.09. The van der Waals surface area contributed by atoms with E-state index in [9.17, 15) is 13.2 Å². The van der Waals surface area contributed by atoms with E-state index in [-0.39, 0.29) is 17.2 Å². The van der Waals surface area contributed by atoms with E-state index in [1.54, 1.807) is 0 Å². The second kappa shape index (κ2) is 6.72. The lowest BCUT2D eigenvalue weighted by Crippen LogP contribution is -2.38. The molecule has 2 rings (SSSR count). The van der Waals surface area contributed by atoms with Crippen LogP contribution >= 0.6 is 15.9 Å². The number of benzene rings is 1. The van der Waals surface area contributed by atoms with Crippen LogP contribution in [0.15, 0.2) is 18.2 Å². The minimum atomic E-state index is -4.07. The Balaban J connectivity index is 2.10. The Bertz CT molecular complexity index is 481. The summed E-state index contributed by atoms with van der Waals surface area (Å²) >= 11 is 3.55. The normalized spacial score (nSPS) is 24.9. The van der Waals surface area contributed by atoms with Crippen molar-refractivity contribution in [1.29, 1.82) is 0 Å². The van der Waals surface area contributed by atoms with Gasteiger partial charge >= 0.3 is 6.18 Å². The van der Waals surface area contributed by atoms with Crippen molar-refractivity contribution >= 4 is 15.9 Å². The fraction of sp³-hybridized carbons (Fsp3) is 0.647. The molecule has 21 heavy (non-hydrogen) atoms. The lowest BCUT2D eigenvalue weighted by molar-refractivity contribution is -0.196. The van der Waals surface area contributed by atoms with E-state index < -0.39 is 12.1 Å². The van der Waals surface area contributed by atoms with Gasteiger partial charge in [-0.25, -0.2) is 0 Å². The first kappa shape index (κ1) is 16.9. The van der Waals surface area contributed by atoms with Gasteiger partial charge in [-0.1, -0.05) is 47.0 Å². The van der Waals surface area contributed by atoms with Crippen LogP contribution in [0, 0.1) is 25.7 Å². The molecule has 1 saturated carbocycles. The SMILES string of the molecule is Cc1ccc(CC(Br)C2CCCCC2C(F)(F)F)cc1C. The Labute approximate surface area is 133 Å². The Morgan fingerprint density at radius 3 is 2.43 bits per heavy atom. The van der Waals surface area contributed by atoms with Gasteiger partial charge in [-0.05, 0) is 55.7 Å². The molecule has 4 heteroatoms. The van der Waals surface area contributed by atoms with Crippen LogP contribution in [0.4, 0.5) is 13.2 Å². The summed E-state index contributed by atoms with van der Waals surface area (Å²) in [7, 11) is 0. The molecular weight excluding hydrogens is 341 g/mol. The predicted octanol–water partition coefficient (Wildman–Crippen LogP) is 5.98. The highest BCUT2D eigenvalue weighted by Gasteiger charge is 2.47. The van der Waals surface area contributed by atoms with E-state index in [0.29, 0.717) is 19.3 Å². The Hall–Kier alpha value is -0.510. The van der Waals surface area contributed by atoms with Gasteiger partial charge in [0, 0.05) is 4.83 Å². The molecule has 0 nitrogen and oxygen atoms in total. The molecule has 1 aromatic carbocycles. The molecule has 0 amide bonds. The third kappa shape index (κ3) is 4.24. The summed E-state index contributed by atoms with van der Waals surface area (Å²) in [6, 6.07) is 6.17. The van der Waals surface area contributed by atoms with E-state index in [0.717, 1.165) is 12.0 Å².